The molecule has 2 N–H and O–H groups in total. The molecule has 15 heavy (non-hydrogen) atoms. The first kappa shape index (κ1) is 12.1. The number of rotatable bonds is 3. The van der Waals surface area contributed by atoms with Gasteiger partial charge < -0.3 is 10.0 Å². The largest absolute Gasteiger partial charge is 0.451 e. The molecule has 82 valence electrons. The van der Waals surface area contributed by atoms with E-state index < -0.39 is 18.9 Å². The number of alkyl halides is 3. The van der Waals surface area contributed by atoms with Crippen LogP contribution < -0.4 is 0 Å². The Hall–Kier alpha value is -1.01. The second-order valence-electron chi connectivity index (χ2n) is 3.21. The lowest BCUT2D eigenvalue weighted by molar-refractivity contribution is -0.137. The molecule has 0 aliphatic carbocycles. The van der Waals surface area contributed by atoms with Crippen molar-refractivity contribution >= 4 is 7.12 Å². The lowest BCUT2D eigenvalue weighted by Crippen LogP contribution is -2.11. The summed E-state index contributed by atoms with van der Waals surface area (Å²) >= 11 is 0. The minimum Gasteiger partial charge on any atom is -0.427 e. The van der Waals surface area contributed by atoms with Gasteiger partial charge >= 0.3 is 13.3 Å². The van der Waals surface area contributed by atoms with Crippen LogP contribution in [0.15, 0.2) is 24.3 Å². The van der Waals surface area contributed by atoms with E-state index in [1.165, 1.54) is 12.1 Å². The Morgan fingerprint density at radius 1 is 1.07 bits per heavy atom. The van der Waals surface area contributed by atoms with E-state index in [0.29, 0.717) is 12.0 Å². The molecule has 0 radical (unpaired) electrons. The summed E-state index contributed by atoms with van der Waals surface area (Å²) in [6.45, 7) is 0. The summed E-state index contributed by atoms with van der Waals surface area (Å²) < 4.78 is 36.5. The third-order valence-corrected chi connectivity index (χ3v) is 1.97. The number of hydrogen-bond acceptors (Lipinski definition) is 2. The van der Waals surface area contributed by atoms with Crippen molar-refractivity contribution in [3.05, 3.63) is 35.4 Å². The van der Waals surface area contributed by atoms with Crippen LogP contribution in [0.5, 0.6) is 0 Å². The van der Waals surface area contributed by atoms with Gasteiger partial charge in [0.1, 0.15) is 0 Å². The topological polar surface area (TPSA) is 40.5 Å². The van der Waals surface area contributed by atoms with Crippen molar-refractivity contribution in [3.63, 3.8) is 0 Å². The van der Waals surface area contributed by atoms with Gasteiger partial charge in [-0.25, -0.2) is 0 Å². The zero-order valence-corrected chi connectivity index (χ0v) is 7.83. The highest BCUT2D eigenvalue weighted by atomic mass is 19.4. The fourth-order valence-electron chi connectivity index (χ4n) is 1.16. The molecule has 1 aromatic rings. The quantitative estimate of drug-likeness (QED) is 0.758. The van der Waals surface area contributed by atoms with E-state index in [4.69, 9.17) is 10.0 Å². The predicted octanol–water partition coefficient (Wildman–Crippen LogP) is 1.72. The van der Waals surface area contributed by atoms with E-state index in [1.807, 2.05) is 0 Å². The van der Waals surface area contributed by atoms with Crippen LogP contribution >= 0.6 is 0 Å². The zero-order chi connectivity index (χ0) is 11.5. The maximum Gasteiger partial charge on any atom is 0.451 e. The van der Waals surface area contributed by atoms with Crippen molar-refractivity contribution in [2.75, 3.05) is 0 Å². The number of hydrogen-bond donors (Lipinski definition) is 2. The molecule has 1 aromatic carbocycles. The van der Waals surface area contributed by atoms with Crippen molar-refractivity contribution in [3.8, 4) is 0 Å². The first-order valence-corrected chi connectivity index (χ1v) is 4.42. The third kappa shape index (κ3) is 3.93. The molecular formula is C9H10BF3O2. The molecule has 0 atom stereocenters. The molecule has 0 heterocycles. The van der Waals surface area contributed by atoms with Gasteiger partial charge in [-0.2, -0.15) is 13.2 Å². The fraction of sp³-hybridized carbons (Fsp3) is 0.333. The van der Waals surface area contributed by atoms with E-state index in [0.717, 1.165) is 12.1 Å². The normalized spacial score (nSPS) is 11.5. The van der Waals surface area contributed by atoms with Gasteiger partial charge in [0.2, 0.25) is 0 Å². The molecule has 0 saturated carbocycles. The fourth-order valence-corrected chi connectivity index (χ4v) is 1.16. The Labute approximate surface area is 85.5 Å². The summed E-state index contributed by atoms with van der Waals surface area (Å²) in [4.78, 5) is 0. The molecule has 0 bridgehead atoms. The van der Waals surface area contributed by atoms with Gasteiger partial charge in [-0.1, -0.05) is 12.1 Å². The summed E-state index contributed by atoms with van der Waals surface area (Å²) in [7, 11) is -1.42. The van der Waals surface area contributed by atoms with Crippen molar-refractivity contribution in [2.45, 2.75) is 18.9 Å². The van der Waals surface area contributed by atoms with Crippen LogP contribution in [0.25, 0.3) is 0 Å². The molecule has 0 fully saturated rings. The molecule has 0 aliphatic rings. The summed E-state index contributed by atoms with van der Waals surface area (Å²) in [5, 5.41) is 17.1. The molecule has 0 saturated heterocycles. The second-order valence-corrected chi connectivity index (χ2v) is 3.21. The Balaban J connectivity index is 2.65. The summed E-state index contributed by atoms with van der Waals surface area (Å²) in [5.74, 6) is 0. The van der Waals surface area contributed by atoms with E-state index >= 15 is 0 Å². The maximum absolute atomic E-state index is 12.2. The van der Waals surface area contributed by atoms with E-state index in [-0.39, 0.29) is 6.32 Å². The lowest BCUT2D eigenvalue weighted by Gasteiger charge is -2.07. The van der Waals surface area contributed by atoms with Crippen LogP contribution in [0.2, 0.25) is 6.32 Å². The molecule has 0 amide bonds. The maximum atomic E-state index is 12.2. The van der Waals surface area contributed by atoms with Crippen LogP contribution in [0.1, 0.15) is 11.1 Å². The summed E-state index contributed by atoms with van der Waals surface area (Å²) in [5.41, 5.74) is -0.0492. The van der Waals surface area contributed by atoms with Gasteiger partial charge in [0.15, 0.2) is 0 Å². The van der Waals surface area contributed by atoms with E-state index in [9.17, 15) is 13.2 Å². The van der Waals surface area contributed by atoms with Gasteiger partial charge in [-0.05, 0) is 30.4 Å². The summed E-state index contributed by atoms with van der Waals surface area (Å²) in [6.07, 6.45) is -3.86. The van der Waals surface area contributed by atoms with Gasteiger partial charge in [-0.15, -0.1) is 0 Å². The summed E-state index contributed by atoms with van der Waals surface area (Å²) in [6, 6.07) is 4.65. The number of aryl methyl sites for hydroxylation is 1. The Bertz CT molecular complexity index is 308. The van der Waals surface area contributed by atoms with Gasteiger partial charge in [0.05, 0.1) is 5.56 Å². The predicted molar refractivity (Wildman–Crippen MR) is 50.1 cm³/mol. The number of benzene rings is 1. The van der Waals surface area contributed by atoms with Crippen LogP contribution in [-0.2, 0) is 12.6 Å². The number of halogens is 3. The highest BCUT2D eigenvalue weighted by Crippen LogP contribution is 2.29. The molecule has 0 unspecified atom stereocenters. The van der Waals surface area contributed by atoms with Crippen LogP contribution in [0.4, 0.5) is 13.2 Å². The van der Waals surface area contributed by atoms with Gasteiger partial charge in [0, 0.05) is 0 Å². The lowest BCUT2D eigenvalue weighted by atomic mass is 9.83. The first-order chi connectivity index (χ1) is 6.89. The van der Waals surface area contributed by atoms with Crippen LogP contribution in [0, 0.1) is 0 Å². The second kappa shape index (κ2) is 4.68. The van der Waals surface area contributed by atoms with Gasteiger partial charge in [0.25, 0.3) is 0 Å². The van der Waals surface area contributed by atoms with Crippen molar-refractivity contribution in [2.24, 2.45) is 0 Å². The van der Waals surface area contributed by atoms with E-state index in [2.05, 4.69) is 0 Å². The SMILES string of the molecule is OB(O)CCc1ccc(C(F)(F)F)cc1. The van der Waals surface area contributed by atoms with Gasteiger partial charge in [-0.3, -0.25) is 0 Å². The zero-order valence-electron chi connectivity index (χ0n) is 7.83. The average Bonchev–Trinajstić information content (AvgIpc) is 2.14. The highest BCUT2D eigenvalue weighted by molar-refractivity contribution is 6.40. The highest BCUT2D eigenvalue weighted by Gasteiger charge is 2.29. The minimum absolute atomic E-state index is 0.116. The molecule has 0 aliphatic heterocycles. The smallest absolute Gasteiger partial charge is 0.427 e. The minimum atomic E-state index is -4.32. The Morgan fingerprint density at radius 2 is 1.60 bits per heavy atom. The van der Waals surface area contributed by atoms with Crippen LogP contribution in [0.3, 0.4) is 0 Å². The Kier molecular flexibility index (Phi) is 3.76. The van der Waals surface area contributed by atoms with Crippen LogP contribution in [-0.4, -0.2) is 17.2 Å². The molecule has 0 spiro atoms. The molecule has 0 aromatic heterocycles. The monoisotopic (exact) mass is 218 g/mol. The van der Waals surface area contributed by atoms with E-state index in [1.54, 1.807) is 0 Å². The molecule has 2 nitrogen and oxygen atoms in total. The third-order valence-electron chi connectivity index (χ3n) is 1.97. The first-order valence-electron chi connectivity index (χ1n) is 4.42. The molecular weight excluding hydrogens is 208 g/mol. The van der Waals surface area contributed by atoms with Crippen molar-refractivity contribution in [1.82, 2.24) is 0 Å². The molecule has 1 rings (SSSR count). The average molecular weight is 218 g/mol. The van der Waals surface area contributed by atoms with Crippen molar-refractivity contribution in [1.29, 1.82) is 0 Å². The Morgan fingerprint density at radius 3 is 2.00 bits per heavy atom. The van der Waals surface area contributed by atoms with Crippen molar-refractivity contribution < 1.29 is 23.2 Å². The standard InChI is InChI=1S/C9H10BF3O2/c11-9(12,13)8-3-1-7(2-4-8)5-6-10(14)15/h1-4,14-15H,5-6H2. The molecule has 6 heteroatoms.